The summed E-state index contributed by atoms with van der Waals surface area (Å²) in [5, 5.41) is 8.86. The fraction of sp³-hybridized carbons (Fsp3) is 0.900. The summed E-state index contributed by atoms with van der Waals surface area (Å²) >= 11 is 0. The first-order valence-corrected chi connectivity index (χ1v) is 5.06. The monoisotopic (exact) mass is 187 g/mol. The fourth-order valence-corrected chi connectivity index (χ4v) is 1.44. The Balaban J connectivity index is 3.77. The third-order valence-electron chi connectivity index (χ3n) is 2.32. The van der Waals surface area contributed by atoms with Gasteiger partial charge in [0.1, 0.15) is 6.04 Å². The smallest absolute Gasteiger partial charge is 0.320 e. The van der Waals surface area contributed by atoms with Gasteiger partial charge in [-0.05, 0) is 26.4 Å². The maximum atomic E-state index is 10.8. The van der Waals surface area contributed by atoms with Crippen molar-refractivity contribution in [2.24, 2.45) is 0 Å². The van der Waals surface area contributed by atoms with Gasteiger partial charge in [-0.15, -0.1) is 0 Å². The highest BCUT2D eigenvalue weighted by molar-refractivity contribution is 5.73. The molecule has 0 spiro atoms. The summed E-state index contributed by atoms with van der Waals surface area (Å²) in [4.78, 5) is 12.7. The molecule has 0 bridgehead atoms. The number of likely N-dealkylation sites (N-methyl/N-ethyl adjacent to an activating group) is 1. The molecule has 13 heavy (non-hydrogen) atoms. The van der Waals surface area contributed by atoms with Gasteiger partial charge in [0.05, 0.1) is 0 Å². The van der Waals surface area contributed by atoms with Crippen molar-refractivity contribution < 1.29 is 9.90 Å². The molecule has 0 aromatic rings. The van der Waals surface area contributed by atoms with Crippen LogP contribution in [0.5, 0.6) is 0 Å². The van der Waals surface area contributed by atoms with E-state index in [4.69, 9.17) is 5.11 Å². The van der Waals surface area contributed by atoms with Gasteiger partial charge < -0.3 is 5.11 Å². The van der Waals surface area contributed by atoms with Crippen molar-refractivity contribution in [2.45, 2.75) is 45.6 Å². The van der Waals surface area contributed by atoms with Crippen molar-refractivity contribution in [1.82, 2.24) is 4.90 Å². The highest BCUT2D eigenvalue weighted by Crippen LogP contribution is 2.04. The molecule has 0 aliphatic carbocycles. The van der Waals surface area contributed by atoms with Crippen molar-refractivity contribution in [2.75, 3.05) is 13.6 Å². The van der Waals surface area contributed by atoms with Crippen LogP contribution < -0.4 is 0 Å². The average Bonchev–Trinajstić information content (AvgIpc) is 2.05. The van der Waals surface area contributed by atoms with Crippen LogP contribution in [0.25, 0.3) is 0 Å². The lowest BCUT2D eigenvalue weighted by molar-refractivity contribution is -0.142. The Hall–Kier alpha value is -0.570. The first-order valence-electron chi connectivity index (χ1n) is 5.06. The second kappa shape index (κ2) is 6.89. The number of nitrogens with zero attached hydrogens (tertiary/aromatic N) is 1. The molecule has 3 heteroatoms. The number of hydrogen-bond acceptors (Lipinski definition) is 2. The lowest BCUT2D eigenvalue weighted by atomic mass is 10.2. The molecule has 0 saturated carbocycles. The molecule has 1 unspecified atom stereocenters. The molecule has 0 amide bonds. The Labute approximate surface area is 80.7 Å². The van der Waals surface area contributed by atoms with E-state index in [9.17, 15) is 4.79 Å². The molecule has 1 atom stereocenters. The molecule has 0 fully saturated rings. The molecule has 0 aliphatic heterocycles. The van der Waals surface area contributed by atoms with Gasteiger partial charge in [-0.2, -0.15) is 0 Å². The fourth-order valence-electron chi connectivity index (χ4n) is 1.44. The normalized spacial score (nSPS) is 13.2. The van der Waals surface area contributed by atoms with Crippen LogP contribution in [0.4, 0.5) is 0 Å². The predicted molar refractivity (Wildman–Crippen MR) is 53.9 cm³/mol. The maximum Gasteiger partial charge on any atom is 0.320 e. The molecule has 78 valence electrons. The van der Waals surface area contributed by atoms with Crippen molar-refractivity contribution in [3.05, 3.63) is 0 Å². The summed E-state index contributed by atoms with van der Waals surface area (Å²) in [5.74, 6) is -0.707. The van der Waals surface area contributed by atoms with Crippen molar-refractivity contribution >= 4 is 5.97 Å². The van der Waals surface area contributed by atoms with Crippen LogP contribution in [-0.4, -0.2) is 35.6 Å². The van der Waals surface area contributed by atoms with Crippen molar-refractivity contribution in [3.63, 3.8) is 0 Å². The van der Waals surface area contributed by atoms with Crippen LogP contribution in [0.15, 0.2) is 0 Å². The van der Waals surface area contributed by atoms with Crippen LogP contribution >= 0.6 is 0 Å². The molecule has 0 aromatic heterocycles. The largest absolute Gasteiger partial charge is 0.480 e. The van der Waals surface area contributed by atoms with Crippen LogP contribution in [0.2, 0.25) is 0 Å². The Bertz CT molecular complexity index is 148. The van der Waals surface area contributed by atoms with Gasteiger partial charge in [0, 0.05) is 0 Å². The highest BCUT2D eigenvalue weighted by atomic mass is 16.4. The molecule has 0 radical (unpaired) electrons. The second-order valence-electron chi connectivity index (χ2n) is 3.45. The lowest BCUT2D eigenvalue weighted by Gasteiger charge is -2.23. The standard InChI is InChI=1S/C10H21NO2/c1-4-6-7-8-11(3)9(5-2)10(12)13/h9H,4-8H2,1-3H3,(H,12,13). The van der Waals surface area contributed by atoms with Crippen LogP contribution in [0.1, 0.15) is 39.5 Å². The topological polar surface area (TPSA) is 40.5 Å². The summed E-state index contributed by atoms with van der Waals surface area (Å²) in [5.41, 5.74) is 0. The van der Waals surface area contributed by atoms with Gasteiger partial charge in [-0.3, -0.25) is 9.69 Å². The Morgan fingerprint density at radius 1 is 1.38 bits per heavy atom. The van der Waals surface area contributed by atoms with Crippen molar-refractivity contribution in [3.8, 4) is 0 Å². The predicted octanol–water partition coefficient (Wildman–Crippen LogP) is 1.97. The number of unbranched alkanes of at least 4 members (excludes halogenated alkanes) is 2. The average molecular weight is 187 g/mol. The summed E-state index contributed by atoms with van der Waals surface area (Å²) in [6.07, 6.45) is 4.13. The third kappa shape index (κ3) is 4.88. The number of carboxylic acid groups (broad SMARTS) is 1. The first-order chi connectivity index (χ1) is 6.13. The zero-order valence-corrected chi connectivity index (χ0v) is 8.92. The minimum absolute atomic E-state index is 0.308. The van der Waals surface area contributed by atoms with Crippen LogP contribution in [0.3, 0.4) is 0 Å². The van der Waals surface area contributed by atoms with E-state index in [0.717, 1.165) is 13.0 Å². The van der Waals surface area contributed by atoms with Crippen LogP contribution in [0, 0.1) is 0 Å². The number of hydrogen-bond donors (Lipinski definition) is 1. The Morgan fingerprint density at radius 2 is 2.00 bits per heavy atom. The summed E-state index contributed by atoms with van der Waals surface area (Å²) in [6.45, 7) is 4.95. The molecule has 1 N–H and O–H groups in total. The van der Waals surface area contributed by atoms with Gasteiger partial charge in [0.15, 0.2) is 0 Å². The molecule has 0 saturated heterocycles. The van der Waals surface area contributed by atoms with Gasteiger partial charge in [0.2, 0.25) is 0 Å². The van der Waals surface area contributed by atoms with Gasteiger partial charge >= 0.3 is 5.97 Å². The van der Waals surface area contributed by atoms with E-state index in [1.165, 1.54) is 12.8 Å². The van der Waals surface area contributed by atoms with E-state index in [1.807, 2.05) is 18.9 Å². The van der Waals surface area contributed by atoms with E-state index in [0.29, 0.717) is 6.42 Å². The zero-order valence-electron chi connectivity index (χ0n) is 8.92. The number of carbonyl (C=O) groups is 1. The highest BCUT2D eigenvalue weighted by Gasteiger charge is 2.19. The van der Waals surface area contributed by atoms with Crippen molar-refractivity contribution in [1.29, 1.82) is 0 Å². The Morgan fingerprint density at radius 3 is 2.38 bits per heavy atom. The van der Waals surface area contributed by atoms with E-state index in [1.54, 1.807) is 0 Å². The molecular formula is C10H21NO2. The molecule has 0 aromatic carbocycles. The quantitative estimate of drug-likeness (QED) is 0.619. The van der Waals surface area contributed by atoms with Gasteiger partial charge in [-0.1, -0.05) is 26.7 Å². The van der Waals surface area contributed by atoms with E-state index < -0.39 is 5.97 Å². The van der Waals surface area contributed by atoms with Crippen LogP contribution in [-0.2, 0) is 4.79 Å². The first kappa shape index (κ1) is 12.4. The second-order valence-corrected chi connectivity index (χ2v) is 3.45. The van der Waals surface area contributed by atoms with E-state index >= 15 is 0 Å². The number of rotatable bonds is 7. The summed E-state index contributed by atoms with van der Waals surface area (Å²) in [7, 11) is 1.89. The number of aliphatic carboxylic acids is 1. The molecular weight excluding hydrogens is 166 g/mol. The number of carboxylic acids is 1. The minimum atomic E-state index is -0.707. The van der Waals surface area contributed by atoms with Gasteiger partial charge in [-0.25, -0.2) is 0 Å². The summed E-state index contributed by atoms with van der Waals surface area (Å²) < 4.78 is 0. The summed E-state index contributed by atoms with van der Waals surface area (Å²) in [6, 6.07) is -0.308. The lowest BCUT2D eigenvalue weighted by Crippen LogP contribution is -2.38. The molecule has 0 rings (SSSR count). The SMILES string of the molecule is CCCCCN(C)C(CC)C(=O)O. The van der Waals surface area contributed by atoms with E-state index in [-0.39, 0.29) is 6.04 Å². The molecule has 0 heterocycles. The Kier molecular flexibility index (Phi) is 6.59. The van der Waals surface area contributed by atoms with E-state index in [2.05, 4.69) is 6.92 Å². The molecule has 3 nitrogen and oxygen atoms in total. The molecule has 0 aliphatic rings. The van der Waals surface area contributed by atoms with Gasteiger partial charge in [0.25, 0.3) is 0 Å². The zero-order chi connectivity index (χ0) is 10.3. The minimum Gasteiger partial charge on any atom is -0.480 e. The maximum absolute atomic E-state index is 10.8. The third-order valence-corrected chi connectivity index (χ3v) is 2.32.